The smallest absolute Gasteiger partial charge is 0.193 e. The Bertz CT molecular complexity index is 399. The van der Waals surface area contributed by atoms with E-state index in [9.17, 15) is 0 Å². The molecule has 4 heteroatoms. The van der Waals surface area contributed by atoms with Crippen molar-refractivity contribution < 1.29 is 0 Å². The van der Waals surface area contributed by atoms with Gasteiger partial charge in [0.2, 0.25) is 0 Å². The van der Waals surface area contributed by atoms with Gasteiger partial charge < -0.3 is 5.73 Å². The van der Waals surface area contributed by atoms with Gasteiger partial charge in [-0.1, -0.05) is 12.2 Å². The van der Waals surface area contributed by atoms with E-state index >= 15 is 0 Å². The molecule has 0 amide bonds. The molecule has 0 atom stereocenters. The van der Waals surface area contributed by atoms with Crippen LogP contribution in [-0.2, 0) is 6.42 Å². The molecule has 0 fully saturated rings. The van der Waals surface area contributed by atoms with E-state index < -0.39 is 0 Å². The maximum Gasteiger partial charge on any atom is 0.193 e. The van der Waals surface area contributed by atoms with Crippen LogP contribution in [-0.4, -0.2) is 15.9 Å². The molecule has 3 nitrogen and oxygen atoms in total. The van der Waals surface area contributed by atoms with Gasteiger partial charge in [-0.05, 0) is 13.0 Å². The second-order valence-electron chi connectivity index (χ2n) is 3.08. The largest absolute Gasteiger partial charge is 0.330 e. The molecule has 0 aliphatic carbocycles. The number of hydrogen-bond donors (Lipinski definition) is 1. The van der Waals surface area contributed by atoms with Crippen molar-refractivity contribution in [3.8, 4) is 0 Å². The van der Waals surface area contributed by atoms with Gasteiger partial charge in [0, 0.05) is 24.2 Å². The van der Waals surface area contributed by atoms with Crippen LogP contribution in [0.25, 0.3) is 4.96 Å². The maximum absolute atomic E-state index is 5.38. The van der Waals surface area contributed by atoms with Gasteiger partial charge in [0.1, 0.15) is 0 Å². The number of imidazole rings is 1. The third kappa shape index (κ3) is 2.02. The first kappa shape index (κ1) is 9.43. The average molecular weight is 207 g/mol. The molecule has 2 aromatic rings. The van der Waals surface area contributed by atoms with E-state index in [0.717, 1.165) is 30.0 Å². The Morgan fingerprint density at radius 3 is 3.21 bits per heavy atom. The molecule has 0 aliphatic rings. The fourth-order valence-corrected chi connectivity index (χ4v) is 2.01. The van der Waals surface area contributed by atoms with E-state index in [1.807, 2.05) is 11.6 Å². The third-order valence-electron chi connectivity index (χ3n) is 1.97. The van der Waals surface area contributed by atoms with Gasteiger partial charge in [-0.3, -0.25) is 4.40 Å². The van der Waals surface area contributed by atoms with Crippen molar-refractivity contribution in [3.05, 3.63) is 35.6 Å². The van der Waals surface area contributed by atoms with Gasteiger partial charge in [-0.15, -0.1) is 11.3 Å². The van der Waals surface area contributed by atoms with Gasteiger partial charge >= 0.3 is 0 Å². The van der Waals surface area contributed by atoms with E-state index in [0.29, 0.717) is 0 Å². The Kier molecular flexibility index (Phi) is 2.96. The number of nitrogens with zero attached hydrogens (tertiary/aromatic N) is 2. The minimum atomic E-state index is 0.717. The Hall–Kier alpha value is -1.13. The van der Waals surface area contributed by atoms with Crippen LogP contribution in [0.15, 0.2) is 29.9 Å². The van der Waals surface area contributed by atoms with E-state index in [1.165, 1.54) is 0 Å². The van der Waals surface area contributed by atoms with Crippen molar-refractivity contribution in [3.63, 3.8) is 0 Å². The maximum atomic E-state index is 5.38. The molecule has 0 bridgehead atoms. The van der Waals surface area contributed by atoms with Crippen LogP contribution >= 0.6 is 11.3 Å². The zero-order chi connectivity index (χ0) is 9.80. The van der Waals surface area contributed by atoms with E-state index in [1.54, 1.807) is 11.3 Å². The highest BCUT2D eigenvalue weighted by molar-refractivity contribution is 7.15. The summed E-state index contributed by atoms with van der Waals surface area (Å²) in [7, 11) is 0. The first-order valence-electron chi connectivity index (χ1n) is 4.66. The molecule has 0 radical (unpaired) electrons. The van der Waals surface area contributed by atoms with Crippen LogP contribution in [0, 0.1) is 0 Å². The third-order valence-corrected chi connectivity index (χ3v) is 2.74. The number of allylic oxidation sites excluding steroid dienone is 1. The van der Waals surface area contributed by atoms with Crippen LogP contribution in [0.3, 0.4) is 0 Å². The molecule has 0 unspecified atom stereocenters. The van der Waals surface area contributed by atoms with Gasteiger partial charge in [0.05, 0.1) is 5.69 Å². The highest BCUT2D eigenvalue weighted by Gasteiger charge is 1.99. The summed E-state index contributed by atoms with van der Waals surface area (Å²) in [5.41, 5.74) is 6.50. The molecule has 0 spiro atoms. The molecule has 2 N–H and O–H groups in total. The molecular formula is C10H13N3S. The molecule has 0 aliphatic heterocycles. The molecule has 2 aromatic heterocycles. The first-order valence-corrected chi connectivity index (χ1v) is 5.54. The normalized spacial score (nSPS) is 11.8. The Balaban J connectivity index is 2.01. The van der Waals surface area contributed by atoms with Crippen molar-refractivity contribution in [2.75, 3.05) is 6.54 Å². The van der Waals surface area contributed by atoms with Crippen LogP contribution in [0.5, 0.6) is 0 Å². The number of fused-ring (bicyclic) bond motifs is 1. The van der Waals surface area contributed by atoms with E-state index in [2.05, 4.69) is 27.7 Å². The summed E-state index contributed by atoms with van der Waals surface area (Å²) in [5.74, 6) is 0. The number of hydrogen-bond acceptors (Lipinski definition) is 3. The van der Waals surface area contributed by atoms with Gasteiger partial charge in [-0.2, -0.15) is 0 Å². The second kappa shape index (κ2) is 4.39. The summed E-state index contributed by atoms with van der Waals surface area (Å²) in [5, 5.41) is 2.04. The number of rotatable bonds is 4. The Morgan fingerprint density at radius 1 is 1.50 bits per heavy atom. The molecule has 2 heterocycles. The standard InChI is InChI=1S/C10H13N3S/c11-5-3-1-2-4-9-8-13-6-7-14-10(13)12-9/h1-2,6-8H,3-5,11H2/b2-1+. The van der Waals surface area contributed by atoms with Crippen molar-refractivity contribution in [1.82, 2.24) is 9.38 Å². The molecule has 2 rings (SSSR count). The van der Waals surface area contributed by atoms with Crippen LogP contribution in [0.1, 0.15) is 12.1 Å². The number of aromatic nitrogens is 2. The number of nitrogens with two attached hydrogens (primary N) is 1. The lowest BCUT2D eigenvalue weighted by molar-refractivity contribution is 0.998. The summed E-state index contributed by atoms with van der Waals surface area (Å²) in [4.78, 5) is 5.53. The molecular weight excluding hydrogens is 194 g/mol. The molecule has 0 saturated carbocycles. The van der Waals surface area contributed by atoms with Crippen molar-refractivity contribution in [1.29, 1.82) is 0 Å². The van der Waals surface area contributed by atoms with Crippen molar-refractivity contribution >= 4 is 16.3 Å². The van der Waals surface area contributed by atoms with Crippen molar-refractivity contribution in [2.24, 2.45) is 5.73 Å². The van der Waals surface area contributed by atoms with E-state index in [4.69, 9.17) is 5.73 Å². The molecule has 0 saturated heterocycles. The zero-order valence-corrected chi connectivity index (χ0v) is 8.70. The average Bonchev–Trinajstić information content (AvgIpc) is 2.72. The van der Waals surface area contributed by atoms with Crippen LogP contribution in [0.2, 0.25) is 0 Å². The Morgan fingerprint density at radius 2 is 2.43 bits per heavy atom. The topological polar surface area (TPSA) is 43.3 Å². The summed E-state index contributed by atoms with van der Waals surface area (Å²) in [6, 6.07) is 0. The van der Waals surface area contributed by atoms with Crippen LogP contribution < -0.4 is 5.73 Å². The quantitative estimate of drug-likeness (QED) is 0.777. The summed E-state index contributed by atoms with van der Waals surface area (Å²) in [6.45, 7) is 0.717. The van der Waals surface area contributed by atoms with Gasteiger partial charge in [0.15, 0.2) is 4.96 Å². The van der Waals surface area contributed by atoms with Gasteiger partial charge in [0.25, 0.3) is 0 Å². The lowest BCUT2D eigenvalue weighted by Crippen LogP contribution is -1.95. The van der Waals surface area contributed by atoms with Gasteiger partial charge in [-0.25, -0.2) is 4.98 Å². The first-order chi connectivity index (χ1) is 6.90. The Labute approximate surface area is 86.9 Å². The van der Waals surface area contributed by atoms with Crippen molar-refractivity contribution in [2.45, 2.75) is 12.8 Å². The fourth-order valence-electron chi connectivity index (χ4n) is 1.29. The lowest BCUT2D eigenvalue weighted by atomic mass is 10.3. The SMILES string of the molecule is NCC/C=C/Cc1cn2ccsc2n1. The monoisotopic (exact) mass is 207 g/mol. The minimum absolute atomic E-state index is 0.717. The minimum Gasteiger partial charge on any atom is -0.330 e. The lowest BCUT2D eigenvalue weighted by Gasteiger charge is -1.86. The fraction of sp³-hybridized carbons (Fsp3) is 0.300. The number of thiazole rings is 1. The van der Waals surface area contributed by atoms with Crippen LogP contribution in [0.4, 0.5) is 0 Å². The van der Waals surface area contributed by atoms with E-state index in [-0.39, 0.29) is 0 Å². The molecule has 14 heavy (non-hydrogen) atoms. The summed E-state index contributed by atoms with van der Waals surface area (Å²) >= 11 is 1.66. The summed E-state index contributed by atoms with van der Waals surface area (Å²) in [6.07, 6.45) is 10.2. The second-order valence-corrected chi connectivity index (χ2v) is 3.95. The highest BCUT2D eigenvalue weighted by Crippen LogP contribution is 2.11. The predicted molar refractivity (Wildman–Crippen MR) is 59.6 cm³/mol. The zero-order valence-electron chi connectivity index (χ0n) is 7.89. The summed E-state index contributed by atoms with van der Waals surface area (Å²) < 4.78 is 2.05. The highest BCUT2D eigenvalue weighted by atomic mass is 32.1. The predicted octanol–water partition coefficient (Wildman–Crippen LogP) is 1.84. The molecule has 74 valence electrons. The molecule has 0 aromatic carbocycles.